The second-order valence-corrected chi connectivity index (χ2v) is 5.50. The number of hydrogen-bond donors (Lipinski definition) is 1. The molecule has 1 N–H and O–H groups in total. The van der Waals surface area contributed by atoms with Crippen molar-refractivity contribution in [3.8, 4) is 0 Å². The topological polar surface area (TPSA) is 52.0 Å². The average molecular weight is 280 g/mol. The van der Waals surface area contributed by atoms with E-state index in [1.165, 1.54) is 6.42 Å². The zero-order chi connectivity index (χ0) is 14.4. The van der Waals surface area contributed by atoms with Crippen LogP contribution < -0.4 is 5.32 Å². The van der Waals surface area contributed by atoms with Gasteiger partial charge in [-0.15, -0.1) is 0 Å². The lowest BCUT2D eigenvalue weighted by molar-refractivity contribution is 0.0337. The first kappa shape index (κ1) is 15.4. The van der Waals surface area contributed by atoms with Crippen molar-refractivity contribution in [2.45, 2.75) is 71.6 Å². The van der Waals surface area contributed by atoms with E-state index in [-0.39, 0.29) is 0 Å². The summed E-state index contributed by atoms with van der Waals surface area (Å²) in [5.41, 5.74) is 0. The molecule has 2 atom stereocenters. The highest BCUT2D eigenvalue weighted by atomic mass is 16.5. The lowest BCUT2D eigenvalue weighted by Gasteiger charge is -2.15. The molecule has 0 aliphatic carbocycles. The van der Waals surface area contributed by atoms with Gasteiger partial charge in [0.1, 0.15) is 5.82 Å². The zero-order valence-corrected chi connectivity index (χ0v) is 13.1. The molecule has 1 aromatic heterocycles. The third-order valence-electron chi connectivity index (χ3n) is 3.80. The Morgan fingerprint density at radius 2 is 2.00 bits per heavy atom. The van der Waals surface area contributed by atoms with E-state index in [1.807, 2.05) is 4.68 Å². The van der Waals surface area contributed by atoms with Crippen LogP contribution in [0, 0.1) is 0 Å². The van der Waals surface area contributed by atoms with E-state index in [0.29, 0.717) is 12.2 Å². The Morgan fingerprint density at radius 1 is 1.20 bits per heavy atom. The summed E-state index contributed by atoms with van der Waals surface area (Å²) in [6.45, 7) is 9.32. The van der Waals surface area contributed by atoms with Crippen molar-refractivity contribution in [2.75, 3.05) is 13.1 Å². The lowest BCUT2D eigenvalue weighted by Crippen LogP contribution is -2.28. The number of rotatable bonds is 8. The van der Waals surface area contributed by atoms with Crippen LogP contribution in [0.25, 0.3) is 0 Å². The number of aryl methyl sites for hydroxylation is 2. The Balaban J connectivity index is 1.83. The zero-order valence-electron chi connectivity index (χ0n) is 13.1. The summed E-state index contributed by atoms with van der Waals surface area (Å²) in [7, 11) is 0. The molecule has 1 aliphatic heterocycles. The molecule has 1 aromatic rings. The Morgan fingerprint density at radius 3 is 2.70 bits per heavy atom. The maximum Gasteiger partial charge on any atom is 0.150 e. The molecule has 5 nitrogen and oxygen atoms in total. The van der Waals surface area contributed by atoms with Crippen LogP contribution in [-0.2, 0) is 24.1 Å². The number of hydrogen-bond acceptors (Lipinski definition) is 4. The summed E-state index contributed by atoms with van der Waals surface area (Å²) < 4.78 is 8.15. The van der Waals surface area contributed by atoms with Crippen molar-refractivity contribution in [3.05, 3.63) is 11.6 Å². The summed E-state index contributed by atoms with van der Waals surface area (Å²) in [4.78, 5) is 4.55. The fourth-order valence-electron chi connectivity index (χ4n) is 2.68. The predicted molar refractivity (Wildman–Crippen MR) is 79.8 cm³/mol. The minimum atomic E-state index is 0.292. The third-order valence-corrected chi connectivity index (χ3v) is 3.80. The van der Waals surface area contributed by atoms with Crippen LogP contribution in [0.5, 0.6) is 0 Å². The van der Waals surface area contributed by atoms with Gasteiger partial charge in [0.15, 0.2) is 5.82 Å². The molecule has 2 rings (SSSR count). The molecule has 114 valence electrons. The summed E-state index contributed by atoms with van der Waals surface area (Å²) in [5, 5.41) is 8.01. The van der Waals surface area contributed by atoms with Gasteiger partial charge in [0.05, 0.1) is 18.8 Å². The van der Waals surface area contributed by atoms with Crippen LogP contribution >= 0.6 is 0 Å². The first-order valence-corrected chi connectivity index (χ1v) is 8.05. The molecule has 5 heteroatoms. The molecule has 1 fully saturated rings. The number of nitrogens with one attached hydrogen (secondary N) is 1. The minimum absolute atomic E-state index is 0.292. The molecule has 20 heavy (non-hydrogen) atoms. The van der Waals surface area contributed by atoms with Gasteiger partial charge in [-0.3, -0.25) is 0 Å². The standard InChI is InChI=1S/C15H28N4O/c1-4-9-16-10-12-7-8-13(20-12)11-19-15(6-3)17-14(5-2)18-19/h12-13,16H,4-11H2,1-3H3. The van der Waals surface area contributed by atoms with Gasteiger partial charge in [-0.05, 0) is 25.8 Å². The predicted octanol–water partition coefficient (Wildman–Crippen LogP) is 1.95. The van der Waals surface area contributed by atoms with E-state index >= 15 is 0 Å². The largest absolute Gasteiger partial charge is 0.372 e. The number of aromatic nitrogens is 3. The molecule has 1 aliphatic rings. The van der Waals surface area contributed by atoms with Gasteiger partial charge in [-0.1, -0.05) is 20.8 Å². The van der Waals surface area contributed by atoms with Crippen LogP contribution in [-0.4, -0.2) is 40.1 Å². The van der Waals surface area contributed by atoms with Gasteiger partial charge in [-0.25, -0.2) is 9.67 Å². The lowest BCUT2D eigenvalue weighted by atomic mass is 10.2. The average Bonchev–Trinajstić information content (AvgIpc) is 3.06. The molecule has 0 radical (unpaired) electrons. The second kappa shape index (κ2) is 7.74. The molecular weight excluding hydrogens is 252 g/mol. The quantitative estimate of drug-likeness (QED) is 0.740. The monoisotopic (exact) mass is 280 g/mol. The summed E-state index contributed by atoms with van der Waals surface area (Å²) >= 11 is 0. The van der Waals surface area contributed by atoms with E-state index in [4.69, 9.17) is 4.74 Å². The maximum atomic E-state index is 6.10. The number of ether oxygens (including phenoxy) is 1. The van der Waals surface area contributed by atoms with Gasteiger partial charge >= 0.3 is 0 Å². The minimum Gasteiger partial charge on any atom is -0.372 e. The van der Waals surface area contributed by atoms with Crippen molar-refractivity contribution in [3.63, 3.8) is 0 Å². The van der Waals surface area contributed by atoms with Crippen molar-refractivity contribution in [1.82, 2.24) is 20.1 Å². The SMILES string of the molecule is CCCNCC1CCC(Cn2nc(CC)nc2CC)O1. The van der Waals surface area contributed by atoms with Gasteiger partial charge in [0, 0.05) is 19.4 Å². The Hall–Kier alpha value is -0.940. The first-order chi connectivity index (χ1) is 9.76. The fourth-order valence-corrected chi connectivity index (χ4v) is 2.68. The smallest absolute Gasteiger partial charge is 0.150 e. The maximum absolute atomic E-state index is 6.10. The van der Waals surface area contributed by atoms with Gasteiger partial charge in [0.25, 0.3) is 0 Å². The first-order valence-electron chi connectivity index (χ1n) is 8.05. The molecule has 1 saturated heterocycles. The highest BCUT2D eigenvalue weighted by Crippen LogP contribution is 2.21. The summed E-state index contributed by atoms with van der Waals surface area (Å²) in [6.07, 6.45) is 5.94. The van der Waals surface area contributed by atoms with E-state index in [2.05, 4.69) is 36.2 Å². The molecule has 0 spiro atoms. The third kappa shape index (κ3) is 4.03. The Bertz CT molecular complexity index is 405. The van der Waals surface area contributed by atoms with Gasteiger partial charge in [0.2, 0.25) is 0 Å². The molecule has 2 unspecified atom stereocenters. The van der Waals surface area contributed by atoms with Crippen LogP contribution in [0.15, 0.2) is 0 Å². The molecule has 0 saturated carbocycles. The molecule has 0 amide bonds. The van der Waals surface area contributed by atoms with Crippen molar-refractivity contribution >= 4 is 0 Å². The van der Waals surface area contributed by atoms with E-state index < -0.39 is 0 Å². The van der Waals surface area contributed by atoms with E-state index in [0.717, 1.165) is 57.0 Å². The van der Waals surface area contributed by atoms with Crippen molar-refractivity contribution in [1.29, 1.82) is 0 Å². The van der Waals surface area contributed by atoms with Gasteiger partial charge < -0.3 is 10.1 Å². The fraction of sp³-hybridized carbons (Fsp3) is 0.867. The molecule has 0 aromatic carbocycles. The van der Waals surface area contributed by atoms with E-state index in [9.17, 15) is 0 Å². The van der Waals surface area contributed by atoms with Crippen molar-refractivity contribution in [2.24, 2.45) is 0 Å². The van der Waals surface area contributed by atoms with Gasteiger partial charge in [-0.2, -0.15) is 5.10 Å². The highest BCUT2D eigenvalue weighted by molar-refractivity contribution is 4.93. The summed E-state index contributed by atoms with van der Waals surface area (Å²) in [6, 6.07) is 0. The molecule has 2 heterocycles. The summed E-state index contributed by atoms with van der Waals surface area (Å²) in [5.74, 6) is 2.03. The van der Waals surface area contributed by atoms with Crippen LogP contribution in [0.2, 0.25) is 0 Å². The molecule has 0 bridgehead atoms. The second-order valence-electron chi connectivity index (χ2n) is 5.50. The molecular formula is C15H28N4O. The van der Waals surface area contributed by atoms with Crippen molar-refractivity contribution < 1.29 is 4.74 Å². The van der Waals surface area contributed by atoms with Crippen LogP contribution in [0.1, 0.15) is 51.7 Å². The van der Waals surface area contributed by atoms with Crippen LogP contribution in [0.4, 0.5) is 0 Å². The Kier molecular flexibility index (Phi) is 5.98. The number of nitrogens with zero attached hydrogens (tertiary/aromatic N) is 3. The normalized spacial score (nSPS) is 22.6. The highest BCUT2D eigenvalue weighted by Gasteiger charge is 2.26. The van der Waals surface area contributed by atoms with Crippen LogP contribution in [0.3, 0.4) is 0 Å². The Labute approximate surface area is 122 Å². The van der Waals surface area contributed by atoms with E-state index in [1.54, 1.807) is 0 Å².